The number of amides is 1. The number of alkyl halides is 2. The average molecular weight is 364 g/mol. The van der Waals surface area contributed by atoms with Crippen LogP contribution in [0.1, 0.15) is 9.67 Å². The summed E-state index contributed by atoms with van der Waals surface area (Å²) in [5.74, 6) is -0.670. The maximum Gasteiger partial charge on any atom is 0.387 e. The van der Waals surface area contributed by atoms with Gasteiger partial charge in [-0.15, -0.1) is 11.3 Å². The Morgan fingerprint density at radius 2 is 1.96 bits per heavy atom. The van der Waals surface area contributed by atoms with Crippen LogP contribution in [0, 0.1) is 10.1 Å². The molecule has 128 valence electrons. The van der Waals surface area contributed by atoms with E-state index in [4.69, 9.17) is 0 Å². The lowest BCUT2D eigenvalue weighted by molar-refractivity contribution is -0.384. The van der Waals surface area contributed by atoms with E-state index in [1.165, 1.54) is 36.4 Å². The Morgan fingerprint density at radius 1 is 1.20 bits per heavy atom. The van der Waals surface area contributed by atoms with Crippen molar-refractivity contribution in [2.24, 2.45) is 0 Å². The fourth-order valence-corrected chi connectivity index (χ4v) is 3.15. The summed E-state index contributed by atoms with van der Waals surface area (Å²) >= 11 is 1.14. The summed E-state index contributed by atoms with van der Waals surface area (Å²) in [5.41, 5.74) is 0.0316. The first-order valence-electron chi connectivity index (χ1n) is 6.97. The van der Waals surface area contributed by atoms with Crippen molar-refractivity contribution in [3.8, 4) is 5.75 Å². The third-order valence-electron chi connectivity index (χ3n) is 3.29. The van der Waals surface area contributed by atoms with Crippen LogP contribution in [0.15, 0.2) is 48.5 Å². The highest BCUT2D eigenvalue weighted by Crippen LogP contribution is 2.31. The van der Waals surface area contributed by atoms with Gasteiger partial charge in [0.2, 0.25) is 0 Å². The second-order valence-corrected chi connectivity index (χ2v) is 6.00. The Kier molecular flexibility index (Phi) is 4.57. The average Bonchev–Trinajstić information content (AvgIpc) is 2.99. The van der Waals surface area contributed by atoms with Crippen LogP contribution in [-0.4, -0.2) is 17.4 Å². The van der Waals surface area contributed by atoms with Crippen LogP contribution in [0.3, 0.4) is 0 Å². The highest BCUT2D eigenvalue weighted by atomic mass is 32.1. The highest BCUT2D eigenvalue weighted by molar-refractivity contribution is 7.20. The molecule has 1 N–H and O–H groups in total. The SMILES string of the molecule is O=C(Nc1ccccc1OC(F)F)c1cc2cc([N+](=O)[O-])ccc2s1. The standard InChI is InChI=1S/C16H10F2N2O4S/c17-16(18)24-12-4-2-1-3-11(12)19-15(21)14-8-9-7-10(20(22)23)5-6-13(9)25-14/h1-8,16H,(H,19,21). The van der Waals surface area contributed by atoms with Gasteiger partial charge in [0.15, 0.2) is 0 Å². The smallest absolute Gasteiger partial charge is 0.387 e. The van der Waals surface area contributed by atoms with Gasteiger partial charge < -0.3 is 10.1 Å². The lowest BCUT2D eigenvalue weighted by atomic mass is 10.2. The van der Waals surface area contributed by atoms with E-state index < -0.39 is 17.4 Å². The molecule has 9 heteroatoms. The molecule has 0 aliphatic rings. The second-order valence-electron chi connectivity index (χ2n) is 4.92. The van der Waals surface area contributed by atoms with Crippen molar-refractivity contribution in [3.63, 3.8) is 0 Å². The fourth-order valence-electron chi connectivity index (χ4n) is 2.21. The minimum Gasteiger partial charge on any atom is -0.433 e. The number of halogens is 2. The number of fused-ring (bicyclic) bond motifs is 1. The molecule has 1 heterocycles. The van der Waals surface area contributed by atoms with Gasteiger partial charge in [-0.05, 0) is 24.3 Å². The van der Waals surface area contributed by atoms with E-state index in [1.807, 2.05) is 0 Å². The molecule has 6 nitrogen and oxygen atoms in total. The number of thiophene rings is 1. The number of ether oxygens (including phenoxy) is 1. The van der Waals surface area contributed by atoms with E-state index in [2.05, 4.69) is 10.1 Å². The number of para-hydroxylation sites is 2. The van der Waals surface area contributed by atoms with E-state index in [9.17, 15) is 23.7 Å². The minimum atomic E-state index is -3.01. The summed E-state index contributed by atoms with van der Waals surface area (Å²) in [6, 6.07) is 11.6. The van der Waals surface area contributed by atoms with E-state index in [0.29, 0.717) is 15.0 Å². The van der Waals surface area contributed by atoms with Gasteiger partial charge in [-0.3, -0.25) is 14.9 Å². The Hall–Kier alpha value is -3.07. The van der Waals surface area contributed by atoms with Crippen LogP contribution < -0.4 is 10.1 Å². The van der Waals surface area contributed by atoms with Gasteiger partial charge in [-0.25, -0.2) is 0 Å². The molecule has 0 aliphatic heterocycles. The predicted octanol–water partition coefficient (Wildman–Crippen LogP) is 4.66. The summed E-state index contributed by atoms with van der Waals surface area (Å²) in [6.07, 6.45) is 0. The molecule has 0 atom stereocenters. The van der Waals surface area contributed by atoms with Gasteiger partial charge >= 0.3 is 6.61 Å². The number of nitrogens with one attached hydrogen (secondary N) is 1. The van der Waals surface area contributed by atoms with E-state index in [0.717, 1.165) is 11.3 Å². The number of nitro groups is 1. The lowest BCUT2D eigenvalue weighted by Gasteiger charge is -2.10. The quantitative estimate of drug-likeness (QED) is 0.527. The summed E-state index contributed by atoms with van der Waals surface area (Å²) in [6.45, 7) is -3.01. The van der Waals surface area contributed by atoms with E-state index in [1.54, 1.807) is 12.1 Å². The maximum atomic E-state index is 12.4. The molecule has 3 rings (SSSR count). The number of rotatable bonds is 5. The molecule has 0 spiro atoms. The van der Waals surface area contributed by atoms with Crippen LogP contribution in [0.5, 0.6) is 5.75 Å². The molecule has 0 aliphatic carbocycles. The first-order chi connectivity index (χ1) is 11.9. The molecule has 25 heavy (non-hydrogen) atoms. The summed E-state index contributed by atoms with van der Waals surface area (Å²) in [7, 11) is 0. The number of carbonyl (C=O) groups is 1. The van der Waals surface area contributed by atoms with Crippen molar-refractivity contribution in [3.05, 3.63) is 63.5 Å². The van der Waals surface area contributed by atoms with Crippen molar-refractivity contribution in [2.75, 3.05) is 5.32 Å². The molecular formula is C16H10F2N2O4S. The minimum absolute atomic E-state index is 0.0760. The molecule has 0 unspecified atom stereocenters. The monoisotopic (exact) mass is 364 g/mol. The summed E-state index contributed by atoms with van der Waals surface area (Å²) in [5, 5.41) is 13.9. The van der Waals surface area contributed by atoms with Crippen molar-refractivity contribution >= 4 is 38.7 Å². The third-order valence-corrected chi connectivity index (χ3v) is 4.40. The zero-order valence-electron chi connectivity index (χ0n) is 12.4. The van der Waals surface area contributed by atoms with Gasteiger partial charge in [0.1, 0.15) is 5.75 Å². The number of non-ortho nitro benzene ring substituents is 1. The molecule has 0 fully saturated rings. The topological polar surface area (TPSA) is 81.5 Å². The molecule has 0 radical (unpaired) electrons. The van der Waals surface area contributed by atoms with Gasteiger partial charge in [0, 0.05) is 22.2 Å². The number of benzene rings is 2. The molecule has 3 aromatic rings. The summed E-state index contributed by atoms with van der Waals surface area (Å²) < 4.78 is 29.9. The van der Waals surface area contributed by atoms with Crippen LogP contribution in [0.25, 0.3) is 10.1 Å². The van der Waals surface area contributed by atoms with Crippen LogP contribution in [-0.2, 0) is 0 Å². The number of nitro benzene ring substituents is 1. The van der Waals surface area contributed by atoms with Crippen LogP contribution in [0.2, 0.25) is 0 Å². The molecular weight excluding hydrogens is 354 g/mol. The Bertz CT molecular complexity index is 958. The lowest BCUT2D eigenvalue weighted by Crippen LogP contribution is -2.12. The Labute approximate surface area is 143 Å². The maximum absolute atomic E-state index is 12.4. The fraction of sp³-hybridized carbons (Fsp3) is 0.0625. The van der Waals surface area contributed by atoms with Gasteiger partial charge in [-0.2, -0.15) is 8.78 Å². The molecule has 0 saturated heterocycles. The van der Waals surface area contributed by atoms with Gasteiger partial charge in [0.25, 0.3) is 11.6 Å². The number of hydrogen-bond donors (Lipinski definition) is 1. The Balaban J connectivity index is 1.87. The molecule has 0 saturated carbocycles. The zero-order chi connectivity index (χ0) is 18.0. The van der Waals surface area contributed by atoms with Crippen molar-refractivity contribution in [2.45, 2.75) is 6.61 Å². The first kappa shape index (κ1) is 16.8. The van der Waals surface area contributed by atoms with Crippen molar-refractivity contribution < 1.29 is 23.2 Å². The van der Waals surface area contributed by atoms with E-state index >= 15 is 0 Å². The third kappa shape index (κ3) is 3.72. The number of carbonyl (C=O) groups excluding carboxylic acids is 1. The van der Waals surface area contributed by atoms with Gasteiger partial charge in [0.05, 0.1) is 15.5 Å². The Morgan fingerprint density at radius 3 is 2.68 bits per heavy atom. The number of nitrogens with zero attached hydrogens (tertiary/aromatic N) is 1. The zero-order valence-corrected chi connectivity index (χ0v) is 13.3. The van der Waals surface area contributed by atoms with Crippen molar-refractivity contribution in [1.82, 2.24) is 0 Å². The second kappa shape index (κ2) is 6.81. The van der Waals surface area contributed by atoms with Crippen LogP contribution >= 0.6 is 11.3 Å². The largest absolute Gasteiger partial charge is 0.433 e. The molecule has 1 amide bonds. The predicted molar refractivity (Wildman–Crippen MR) is 89.5 cm³/mol. The summed E-state index contributed by atoms with van der Waals surface area (Å²) in [4.78, 5) is 22.9. The first-order valence-corrected chi connectivity index (χ1v) is 7.79. The van der Waals surface area contributed by atoms with Crippen LogP contribution in [0.4, 0.5) is 20.2 Å². The number of hydrogen-bond acceptors (Lipinski definition) is 5. The molecule has 1 aromatic heterocycles. The molecule has 2 aromatic carbocycles. The van der Waals surface area contributed by atoms with Crippen molar-refractivity contribution in [1.29, 1.82) is 0 Å². The highest BCUT2D eigenvalue weighted by Gasteiger charge is 2.16. The number of anilines is 1. The normalized spacial score (nSPS) is 10.8. The van der Waals surface area contributed by atoms with Gasteiger partial charge in [-0.1, -0.05) is 12.1 Å². The molecule has 0 bridgehead atoms. The van der Waals surface area contributed by atoms with E-state index in [-0.39, 0.29) is 17.1 Å².